The molecule has 6 nitrogen and oxygen atoms in total. The van der Waals surface area contributed by atoms with Gasteiger partial charge in [0.05, 0.1) is 30.2 Å². The van der Waals surface area contributed by atoms with E-state index in [2.05, 4.69) is 18.8 Å². The van der Waals surface area contributed by atoms with Crippen molar-refractivity contribution in [3.63, 3.8) is 0 Å². The van der Waals surface area contributed by atoms with Crippen molar-refractivity contribution in [1.29, 1.82) is 0 Å². The maximum atomic E-state index is 13.3. The first-order valence-corrected chi connectivity index (χ1v) is 13.5. The number of aromatic hydroxyl groups is 1. The van der Waals surface area contributed by atoms with Crippen molar-refractivity contribution in [2.24, 2.45) is 23.7 Å². The van der Waals surface area contributed by atoms with E-state index in [4.69, 9.17) is 4.74 Å². The molecule has 2 aliphatic heterocycles. The monoisotopic (exact) mass is 500 g/mol. The van der Waals surface area contributed by atoms with Gasteiger partial charge in [-0.1, -0.05) is 50.6 Å². The van der Waals surface area contributed by atoms with Gasteiger partial charge in [-0.3, -0.25) is 19.5 Å². The lowest BCUT2D eigenvalue weighted by atomic mass is 9.67. The molecule has 2 aromatic rings. The van der Waals surface area contributed by atoms with Gasteiger partial charge in [-0.2, -0.15) is 0 Å². The van der Waals surface area contributed by atoms with Gasteiger partial charge in [0.25, 0.3) is 0 Å². The number of carbonyl (C=O) groups excluding carboxylic acids is 2. The first-order chi connectivity index (χ1) is 17.9. The summed E-state index contributed by atoms with van der Waals surface area (Å²) in [7, 11) is 0. The zero-order valence-corrected chi connectivity index (χ0v) is 21.9. The molecule has 6 heteroatoms. The molecule has 0 spiro atoms. The predicted octanol–water partition coefficient (Wildman–Crippen LogP) is 5.49. The molecule has 1 N–H and O–H groups in total. The quantitative estimate of drug-likeness (QED) is 0.383. The van der Waals surface area contributed by atoms with Gasteiger partial charge in [0.15, 0.2) is 0 Å². The van der Waals surface area contributed by atoms with Gasteiger partial charge >= 0.3 is 0 Å². The first kappa shape index (κ1) is 25.4. The number of pyridine rings is 1. The summed E-state index contributed by atoms with van der Waals surface area (Å²) in [5.41, 5.74) is 5.18. The highest BCUT2D eigenvalue weighted by Gasteiger charge is 2.56. The number of nitrogens with zero attached hydrogens (tertiary/aromatic N) is 2. The van der Waals surface area contributed by atoms with Crippen LogP contribution in [-0.2, 0) is 14.3 Å². The Balaban J connectivity index is 1.44. The van der Waals surface area contributed by atoms with E-state index in [-0.39, 0.29) is 47.3 Å². The number of phenolic OH excluding ortho intramolecular Hbond substituents is 1. The average Bonchev–Trinajstić information content (AvgIpc) is 3.42. The van der Waals surface area contributed by atoms with E-state index < -0.39 is 0 Å². The summed E-state index contributed by atoms with van der Waals surface area (Å²) in [5, 5.41) is 10.4. The normalized spacial score (nSPS) is 25.7. The molecule has 2 fully saturated rings. The van der Waals surface area contributed by atoms with Crippen LogP contribution >= 0.6 is 0 Å². The first-order valence-electron chi connectivity index (χ1n) is 13.5. The molecular formula is C31H36N2O4. The molecule has 2 amide bonds. The van der Waals surface area contributed by atoms with Crippen LogP contribution in [-0.4, -0.2) is 46.1 Å². The van der Waals surface area contributed by atoms with Crippen molar-refractivity contribution in [3.05, 3.63) is 71.1 Å². The number of hydrogen-bond acceptors (Lipinski definition) is 5. The highest BCUT2D eigenvalue weighted by Crippen LogP contribution is 2.51. The number of hydrogen-bond donors (Lipinski definition) is 1. The number of carbonyl (C=O) groups is 2. The molecule has 194 valence electrons. The Kier molecular flexibility index (Phi) is 7.29. The number of ether oxygens (including phenoxy) is 1. The number of likely N-dealkylation sites (tertiary alicyclic amines) is 1. The van der Waals surface area contributed by atoms with Crippen LogP contribution in [0.15, 0.2) is 59.8 Å². The summed E-state index contributed by atoms with van der Waals surface area (Å²) in [4.78, 5) is 32.6. The van der Waals surface area contributed by atoms with E-state index in [0.29, 0.717) is 26.0 Å². The molecular weight excluding hydrogens is 464 g/mol. The second kappa shape index (κ2) is 10.6. The third kappa shape index (κ3) is 4.75. The molecule has 0 unspecified atom stereocenters. The molecule has 0 saturated carbocycles. The third-order valence-corrected chi connectivity index (χ3v) is 8.12. The van der Waals surface area contributed by atoms with Crippen LogP contribution in [0.3, 0.4) is 0 Å². The molecule has 1 aliphatic carbocycles. The van der Waals surface area contributed by atoms with Gasteiger partial charge in [0, 0.05) is 24.2 Å². The summed E-state index contributed by atoms with van der Waals surface area (Å²) in [6, 6.07) is 13.1. The van der Waals surface area contributed by atoms with Gasteiger partial charge in [0.2, 0.25) is 11.8 Å². The fraction of sp³-hybridized carbons (Fsp3) is 0.452. The molecule has 37 heavy (non-hydrogen) atoms. The second-order valence-electron chi connectivity index (χ2n) is 10.7. The Morgan fingerprint density at radius 2 is 1.92 bits per heavy atom. The summed E-state index contributed by atoms with van der Waals surface area (Å²) < 4.78 is 6.39. The van der Waals surface area contributed by atoms with Crippen molar-refractivity contribution in [1.82, 2.24) is 9.88 Å². The maximum Gasteiger partial charge on any atom is 0.233 e. The van der Waals surface area contributed by atoms with Crippen molar-refractivity contribution in [2.45, 2.75) is 52.6 Å². The minimum absolute atomic E-state index is 0.000500. The average molecular weight is 501 g/mol. The summed E-state index contributed by atoms with van der Waals surface area (Å²) in [5.74, 6) is -0.0678. The number of allylic oxidation sites excluding steroid dienone is 2. The summed E-state index contributed by atoms with van der Waals surface area (Å²) in [6.07, 6.45) is 6.57. The Labute approximate surface area is 219 Å². The molecule has 3 aliphatic rings. The number of fused-ring (bicyclic) bond motifs is 3. The standard InChI is InChI=1S/C31H36N2O4/c1-4-15-33-30(35)23-17-22(19(2)3)28-24(29(23)31(33)36)18-37-27(28)13-12-20(25-10-7-8-14-32-25)16-21-9-5-6-11-26(21)34/h5-11,14,16,19,23-24,27,29,34H,4,12-13,15,17-18H2,1-3H3/b20-16-/t23-,24+,27-,29-/m1/s1. The van der Waals surface area contributed by atoms with Crippen LogP contribution in [0.25, 0.3) is 11.6 Å². The largest absolute Gasteiger partial charge is 0.507 e. The molecule has 4 atom stereocenters. The Bertz CT molecular complexity index is 1230. The number of benzene rings is 1. The SMILES string of the molecule is CCCN1C(=O)[C@@H]2[C@@H](CC(C(C)C)=C3[C@@H](CC/C(=C/c4ccccc4O)c4ccccn4)OC[C@@H]32)C1=O. The van der Waals surface area contributed by atoms with Crippen LogP contribution in [0.1, 0.15) is 57.7 Å². The molecule has 5 rings (SSSR count). The number of rotatable bonds is 8. The second-order valence-corrected chi connectivity index (χ2v) is 10.7. The Morgan fingerprint density at radius 1 is 1.14 bits per heavy atom. The summed E-state index contributed by atoms with van der Waals surface area (Å²) >= 11 is 0. The van der Waals surface area contributed by atoms with Gasteiger partial charge in [-0.05, 0) is 67.0 Å². The molecule has 0 radical (unpaired) electrons. The lowest BCUT2D eigenvalue weighted by Gasteiger charge is -2.33. The molecule has 1 aromatic heterocycles. The number of aromatic nitrogens is 1. The fourth-order valence-electron chi connectivity index (χ4n) is 6.38. The Morgan fingerprint density at radius 3 is 2.62 bits per heavy atom. The van der Waals surface area contributed by atoms with Crippen molar-refractivity contribution < 1.29 is 19.4 Å². The van der Waals surface area contributed by atoms with Crippen molar-refractivity contribution >= 4 is 23.5 Å². The van der Waals surface area contributed by atoms with Crippen LogP contribution in [0.4, 0.5) is 0 Å². The van der Waals surface area contributed by atoms with Crippen LogP contribution < -0.4 is 0 Å². The predicted molar refractivity (Wildman–Crippen MR) is 143 cm³/mol. The van der Waals surface area contributed by atoms with Crippen LogP contribution in [0, 0.1) is 23.7 Å². The van der Waals surface area contributed by atoms with Crippen molar-refractivity contribution in [2.75, 3.05) is 13.2 Å². The van der Waals surface area contributed by atoms with Gasteiger partial charge in [-0.15, -0.1) is 0 Å². The smallest absolute Gasteiger partial charge is 0.233 e. The molecule has 2 saturated heterocycles. The number of amides is 2. The highest BCUT2D eigenvalue weighted by molar-refractivity contribution is 6.06. The lowest BCUT2D eigenvalue weighted by molar-refractivity contribution is -0.140. The van der Waals surface area contributed by atoms with Crippen LogP contribution in [0.2, 0.25) is 0 Å². The minimum Gasteiger partial charge on any atom is -0.507 e. The Hall–Kier alpha value is -3.25. The molecule has 1 aromatic carbocycles. The fourth-order valence-corrected chi connectivity index (χ4v) is 6.38. The zero-order chi connectivity index (χ0) is 26.1. The topological polar surface area (TPSA) is 79.7 Å². The highest BCUT2D eigenvalue weighted by atomic mass is 16.5. The van der Waals surface area contributed by atoms with E-state index in [9.17, 15) is 14.7 Å². The number of phenols is 1. The number of imide groups is 1. The van der Waals surface area contributed by atoms with E-state index in [1.54, 1.807) is 12.3 Å². The minimum atomic E-state index is -0.298. The van der Waals surface area contributed by atoms with Gasteiger partial charge in [-0.25, -0.2) is 0 Å². The summed E-state index contributed by atoms with van der Waals surface area (Å²) in [6.45, 7) is 7.34. The van der Waals surface area contributed by atoms with Gasteiger partial charge in [0.1, 0.15) is 5.75 Å². The number of para-hydroxylation sites is 1. The molecule has 0 bridgehead atoms. The van der Waals surface area contributed by atoms with Crippen LogP contribution in [0.5, 0.6) is 5.75 Å². The van der Waals surface area contributed by atoms with Gasteiger partial charge < -0.3 is 9.84 Å². The van der Waals surface area contributed by atoms with E-state index >= 15 is 0 Å². The van der Waals surface area contributed by atoms with E-state index in [0.717, 1.165) is 29.7 Å². The van der Waals surface area contributed by atoms with Crippen molar-refractivity contribution in [3.8, 4) is 5.75 Å². The zero-order valence-electron chi connectivity index (χ0n) is 21.9. The third-order valence-electron chi connectivity index (χ3n) is 8.12. The van der Waals surface area contributed by atoms with E-state index in [1.165, 1.54) is 16.0 Å². The maximum absolute atomic E-state index is 13.3. The molecule has 3 heterocycles. The van der Waals surface area contributed by atoms with E-state index in [1.807, 2.05) is 49.4 Å². The lowest BCUT2D eigenvalue weighted by Crippen LogP contribution is -2.35.